The van der Waals surface area contributed by atoms with Crippen molar-refractivity contribution in [3.05, 3.63) is 41.4 Å². The second-order valence-corrected chi connectivity index (χ2v) is 8.19. The number of thiazole rings is 1. The average Bonchev–Trinajstić information content (AvgIpc) is 3.37. The highest BCUT2D eigenvalue weighted by Gasteiger charge is 2.27. The number of nitrogens with one attached hydrogen (secondary N) is 2. The molecule has 6 nitrogen and oxygen atoms in total. The molecule has 1 unspecified atom stereocenters. The highest BCUT2D eigenvalue weighted by atomic mass is 127. The molecule has 29 heavy (non-hydrogen) atoms. The van der Waals surface area contributed by atoms with Crippen LogP contribution in [0, 0.1) is 5.92 Å². The van der Waals surface area contributed by atoms with Crippen molar-refractivity contribution in [3.8, 4) is 10.6 Å². The van der Waals surface area contributed by atoms with Crippen molar-refractivity contribution in [2.75, 3.05) is 26.7 Å². The molecule has 0 radical (unpaired) electrons. The third-order valence-electron chi connectivity index (χ3n) is 4.80. The molecule has 1 atom stereocenters. The first kappa shape index (κ1) is 23.6. The first-order chi connectivity index (χ1) is 13.6. The fraction of sp³-hybridized carbons (Fsp3) is 0.476. The lowest BCUT2D eigenvalue weighted by molar-refractivity contribution is -0.133. The fourth-order valence-corrected chi connectivity index (χ4v) is 4.14. The summed E-state index contributed by atoms with van der Waals surface area (Å²) >= 11 is 1.68. The van der Waals surface area contributed by atoms with Crippen LogP contribution < -0.4 is 10.6 Å². The van der Waals surface area contributed by atoms with Gasteiger partial charge in [-0.25, -0.2) is 4.98 Å². The predicted molar refractivity (Wildman–Crippen MR) is 131 cm³/mol. The van der Waals surface area contributed by atoms with E-state index in [2.05, 4.69) is 33.1 Å². The highest BCUT2D eigenvalue weighted by Crippen LogP contribution is 2.23. The van der Waals surface area contributed by atoms with Gasteiger partial charge >= 0.3 is 0 Å². The van der Waals surface area contributed by atoms with E-state index in [1.807, 2.05) is 36.9 Å². The quantitative estimate of drug-likeness (QED) is 0.344. The predicted octanol–water partition coefficient (Wildman–Crippen LogP) is 3.39. The molecule has 1 aromatic carbocycles. The first-order valence-electron chi connectivity index (χ1n) is 9.82. The van der Waals surface area contributed by atoms with Crippen molar-refractivity contribution in [1.29, 1.82) is 0 Å². The van der Waals surface area contributed by atoms with E-state index in [0.29, 0.717) is 0 Å². The van der Waals surface area contributed by atoms with Gasteiger partial charge in [-0.15, -0.1) is 35.3 Å². The number of benzene rings is 1. The maximum atomic E-state index is 12.1. The minimum Gasteiger partial charge on any atom is -0.356 e. The highest BCUT2D eigenvalue weighted by molar-refractivity contribution is 14.0. The minimum atomic E-state index is 0. The normalized spacial score (nSPS) is 16.6. The second kappa shape index (κ2) is 11.5. The summed E-state index contributed by atoms with van der Waals surface area (Å²) < 4.78 is 0. The maximum Gasteiger partial charge on any atom is 0.225 e. The molecule has 2 heterocycles. The lowest BCUT2D eigenvalue weighted by Crippen LogP contribution is -2.45. The SMILES string of the molecule is CN=C(NCCc1csc(-c2ccccc2)n1)NC1CCN(C(=O)C(C)C)C1.I. The van der Waals surface area contributed by atoms with Crippen molar-refractivity contribution in [3.63, 3.8) is 0 Å². The van der Waals surface area contributed by atoms with Gasteiger partial charge in [0.15, 0.2) is 5.96 Å². The molecule has 1 aliphatic heterocycles. The van der Waals surface area contributed by atoms with Crippen LogP contribution in [-0.2, 0) is 11.2 Å². The molecule has 1 fully saturated rings. The molecular weight excluding hydrogens is 497 g/mol. The molecule has 0 spiro atoms. The Kier molecular flexibility index (Phi) is 9.35. The summed E-state index contributed by atoms with van der Waals surface area (Å²) in [5, 5.41) is 9.97. The van der Waals surface area contributed by atoms with Gasteiger partial charge in [-0.1, -0.05) is 44.2 Å². The largest absolute Gasteiger partial charge is 0.356 e. The number of guanidine groups is 1. The van der Waals surface area contributed by atoms with Crippen molar-refractivity contribution in [2.45, 2.75) is 32.7 Å². The third-order valence-corrected chi connectivity index (χ3v) is 5.74. The summed E-state index contributed by atoms with van der Waals surface area (Å²) in [7, 11) is 1.78. The van der Waals surface area contributed by atoms with Gasteiger partial charge in [0.25, 0.3) is 0 Å². The summed E-state index contributed by atoms with van der Waals surface area (Å²) in [5.74, 6) is 1.06. The Bertz CT molecular complexity index is 808. The van der Waals surface area contributed by atoms with Crippen molar-refractivity contribution in [1.82, 2.24) is 20.5 Å². The van der Waals surface area contributed by atoms with Gasteiger partial charge in [-0.3, -0.25) is 9.79 Å². The number of carbonyl (C=O) groups is 1. The number of nitrogens with zero attached hydrogens (tertiary/aromatic N) is 3. The summed E-state index contributed by atoms with van der Waals surface area (Å²) in [5.41, 5.74) is 2.24. The molecule has 1 aliphatic rings. The number of hydrogen-bond donors (Lipinski definition) is 2. The minimum absolute atomic E-state index is 0. The van der Waals surface area contributed by atoms with Crippen LogP contribution in [0.2, 0.25) is 0 Å². The molecule has 0 bridgehead atoms. The lowest BCUT2D eigenvalue weighted by atomic mass is 10.2. The van der Waals surface area contributed by atoms with E-state index in [1.54, 1.807) is 18.4 Å². The van der Waals surface area contributed by atoms with Crippen molar-refractivity contribution < 1.29 is 4.79 Å². The number of aromatic nitrogens is 1. The topological polar surface area (TPSA) is 69.6 Å². The molecule has 0 saturated carbocycles. The van der Waals surface area contributed by atoms with Crippen LogP contribution in [-0.4, -0.2) is 54.5 Å². The maximum absolute atomic E-state index is 12.1. The smallest absolute Gasteiger partial charge is 0.225 e. The van der Waals surface area contributed by atoms with E-state index in [1.165, 1.54) is 0 Å². The summed E-state index contributed by atoms with van der Waals surface area (Å²) in [6.45, 7) is 6.21. The number of halogens is 1. The van der Waals surface area contributed by atoms with Crippen LogP contribution in [0.25, 0.3) is 10.6 Å². The Hall–Kier alpha value is -1.68. The van der Waals surface area contributed by atoms with E-state index in [0.717, 1.165) is 54.7 Å². The molecule has 158 valence electrons. The van der Waals surface area contributed by atoms with Gasteiger partial charge < -0.3 is 15.5 Å². The summed E-state index contributed by atoms with van der Waals surface area (Å²) in [6.07, 6.45) is 1.79. The molecule has 3 rings (SSSR count). The van der Waals surface area contributed by atoms with E-state index in [4.69, 9.17) is 4.98 Å². The summed E-state index contributed by atoms with van der Waals surface area (Å²) in [6, 6.07) is 10.5. The Balaban J connectivity index is 0.00000300. The van der Waals surface area contributed by atoms with Gasteiger partial charge in [0.2, 0.25) is 5.91 Å². The van der Waals surface area contributed by atoms with Gasteiger partial charge in [-0.05, 0) is 6.42 Å². The Morgan fingerprint density at radius 3 is 2.79 bits per heavy atom. The number of hydrogen-bond acceptors (Lipinski definition) is 4. The Morgan fingerprint density at radius 1 is 1.34 bits per heavy atom. The molecule has 1 amide bonds. The number of carbonyl (C=O) groups excluding carboxylic acids is 1. The first-order valence-corrected chi connectivity index (χ1v) is 10.7. The average molecular weight is 527 g/mol. The van der Waals surface area contributed by atoms with Crippen LogP contribution in [0.3, 0.4) is 0 Å². The lowest BCUT2D eigenvalue weighted by Gasteiger charge is -2.20. The van der Waals surface area contributed by atoms with Crippen molar-refractivity contribution >= 4 is 47.2 Å². The summed E-state index contributed by atoms with van der Waals surface area (Å²) in [4.78, 5) is 23.1. The van der Waals surface area contributed by atoms with E-state index >= 15 is 0 Å². The Morgan fingerprint density at radius 2 is 2.10 bits per heavy atom. The van der Waals surface area contributed by atoms with Gasteiger partial charge in [0, 0.05) is 56.0 Å². The zero-order chi connectivity index (χ0) is 19.9. The number of likely N-dealkylation sites (tertiary alicyclic amines) is 1. The Labute approximate surface area is 194 Å². The van der Waals surface area contributed by atoms with Crippen LogP contribution in [0.5, 0.6) is 0 Å². The van der Waals surface area contributed by atoms with Crippen LogP contribution in [0.4, 0.5) is 0 Å². The molecule has 2 aromatic rings. The van der Waals surface area contributed by atoms with Crippen LogP contribution in [0.1, 0.15) is 26.0 Å². The second-order valence-electron chi connectivity index (χ2n) is 7.33. The molecule has 0 aliphatic carbocycles. The molecule has 1 aromatic heterocycles. The number of aliphatic imine (C=N–C) groups is 1. The van der Waals surface area contributed by atoms with E-state index in [9.17, 15) is 4.79 Å². The zero-order valence-electron chi connectivity index (χ0n) is 17.2. The van der Waals surface area contributed by atoms with Crippen LogP contribution in [0.15, 0.2) is 40.7 Å². The number of amides is 1. The fourth-order valence-electron chi connectivity index (χ4n) is 3.28. The van der Waals surface area contributed by atoms with E-state index < -0.39 is 0 Å². The molecule has 1 saturated heterocycles. The zero-order valence-corrected chi connectivity index (χ0v) is 20.4. The van der Waals surface area contributed by atoms with E-state index in [-0.39, 0.29) is 41.8 Å². The van der Waals surface area contributed by atoms with Crippen molar-refractivity contribution in [2.24, 2.45) is 10.9 Å². The molecule has 8 heteroatoms. The molecular formula is C21H30IN5OS. The monoisotopic (exact) mass is 527 g/mol. The third kappa shape index (κ3) is 6.67. The van der Waals surface area contributed by atoms with Gasteiger partial charge in [0.1, 0.15) is 5.01 Å². The number of rotatable bonds is 6. The van der Waals surface area contributed by atoms with Gasteiger partial charge in [0.05, 0.1) is 5.69 Å². The van der Waals surface area contributed by atoms with Gasteiger partial charge in [-0.2, -0.15) is 0 Å². The standard InChI is InChI=1S/C21H29N5OS.HI/c1-15(2)20(27)26-12-10-17(13-26)25-21(22-3)23-11-9-18-14-28-19(24-18)16-7-5-4-6-8-16;/h4-8,14-15,17H,9-13H2,1-3H3,(H2,22,23,25);1H. The molecule has 2 N–H and O–H groups in total. The van der Waals surface area contributed by atoms with Crippen LogP contribution >= 0.6 is 35.3 Å².